The Hall–Kier alpha value is -3.34. The van der Waals surface area contributed by atoms with Gasteiger partial charge in [-0.05, 0) is 61.7 Å². The van der Waals surface area contributed by atoms with Gasteiger partial charge in [-0.25, -0.2) is 4.98 Å². The number of aromatic nitrogens is 1. The van der Waals surface area contributed by atoms with Crippen LogP contribution in [0.2, 0.25) is 0 Å². The van der Waals surface area contributed by atoms with Crippen LogP contribution in [0.4, 0.5) is 11.4 Å². The summed E-state index contributed by atoms with van der Waals surface area (Å²) in [7, 11) is 1.63. The van der Waals surface area contributed by atoms with Gasteiger partial charge >= 0.3 is 0 Å². The van der Waals surface area contributed by atoms with Crippen LogP contribution in [0, 0.1) is 20.8 Å². The lowest BCUT2D eigenvalue weighted by atomic mass is 10.0. The Morgan fingerprint density at radius 1 is 1.00 bits per heavy atom. The fraction of sp³-hybridized carbons (Fsp3) is 0.217. The third-order valence-corrected chi connectivity index (χ3v) is 4.55. The van der Waals surface area contributed by atoms with Crippen molar-refractivity contribution >= 4 is 17.3 Å². The number of ether oxygens (including phenoxy) is 1. The van der Waals surface area contributed by atoms with Crippen LogP contribution in [0.1, 0.15) is 32.7 Å². The van der Waals surface area contributed by atoms with E-state index in [2.05, 4.69) is 48.5 Å². The Labute approximate surface area is 165 Å². The predicted molar refractivity (Wildman–Crippen MR) is 112 cm³/mol. The number of carbonyl (C=O) groups is 1. The van der Waals surface area contributed by atoms with E-state index in [0.29, 0.717) is 12.2 Å². The summed E-state index contributed by atoms with van der Waals surface area (Å²) in [6.07, 6.45) is 1.68. The minimum atomic E-state index is -0.204. The molecule has 0 atom stereocenters. The Kier molecular flexibility index (Phi) is 5.94. The molecule has 1 heterocycles. The molecule has 0 bridgehead atoms. The van der Waals surface area contributed by atoms with Gasteiger partial charge in [0.25, 0.3) is 5.91 Å². The van der Waals surface area contributed by atoms with Crippen LogP contribution in [-0.2, 0) is 6.54 Å². The summed E-state index contributed by atoms with van der Waals surface area (Å²) in [5, 5.41) is 6.28. The van der Waals surface area contributed by atoms with Crippen LogP contribution in [0.3, 0.4) is 0 Å². The van der Waals surface area contributed by atoms with Crippen molar-refractivity contribution in [2.24, 2.45) is 0 Å². The molecule has 0 aliphatic rings. The smallest absolute Gasteiger partial charge is 0.270 e. The topological polar surface area (TPSA) is 63.2 Å². The Bertz CT molecular complexity index is 941. The second-order valence-electron chi connectivity index (χ2n) is 6.86. The van der Waals surface area contributed by atoms with Gasteiger partial charge in [-0.3, -0.25) is 4.79 Å². The van der Waals surface area contributed by atoms with Gasteiger partial charge < -0.3 is 15.4 Å². The summed E-state index contributed by atoms with van der Waals surface area (Å²) >= 11 is 0. The molecular formula is C23H25N3O2. The zero-order valence-corrected chi connectivity index (χ0v) is 16.7. The van der Waals surface area contributed by atoms with Crippen molar-refractivity contribution in [1.29, 1.82) is 0 Å². The van der Waals surface area contributed by atoms with Gasteiger partial charge in [-0.2, -0.15) is 0 Å². The summed E-state index contributed by atoms with van der Waals surface area (Å²) in [6.45, 7) is 6.68. The van der Waals surface area contributed by atoms with Crippen molar-refractivity contribution in [3.63, 3.8) is 0 Å². The second kappa shape index (κ2) is 8.57. The molecule has 0 unspecified atom stereocenters. The third-order valence-electron chi connectivity index (χ3n) is 4.55. The van der Waals surface area contributed by atoms with E-state index in [0.717, 1.165) is 22.7 Å². The number of nitrogens with one attached hydrogen (secondary N) is 2. The van der Waals surface area contributed by atoms with Crippen LogP contribution in [0.25, 0.3) is 0 Å². The molecule has 3 aromatic rings. The van der Waals surface area contributed by atoms with Gasteiger partial charge in [0, 0.05) is 12.2 Å². The average molecular weight is 375 g/mol. The van der Waals surface area contributed by atoms with Gasteiger partial charge in [-0.15, -0.1) is 0 Å². The molecule has 2 N–H and O–H groups in total. The lowest BCUT2D eigenvalue weighted by Gasteiger charge is -2.14. The number of anilines is 2. The number of carbonyl (C=O) groups excluding carboxylic acids is 1. The first-order valence-corrected chi connectivity index (χ1v) is 9.18. The number of nitrogens with zero attached hydrogens (tertiary/aromatic N) is 1. The largest absolute Gasteiger partial charge is 0.497 e. The van der Waals surface area contributed by atoms with Crippen molar-refractivity contribution in [3.8, 4) is 5.75 Å². The van der Waals surface area contributed by atoms with Crippen LogP contribution in [0.5, 0.6) is 5.75 Å². The van der Waals surface area contributed by atoms with Crippen molar-refractivity contribution in [3.05, 3.63) is 82.7 Å². The number of benzene rings is 2. The van der Waals surface area contributed by atoms with Crippen LogP contribution in [0.15, 0.2) is 54.7 Å². The van der Waals surface area contributed by atoms with Gasteiger partial charge in [0.1, 0.15) is 11.4 Å². The van der Waals surface area contributed by atoms with Crippen molar-refractivity contribution in [2.75, 3.05) is 12.4 Å². The van der Waals surface area contributed by atoms with Crippen LogP contribution < -0.4 is 15.4 Å². The highest BCUT2D eigenvalue weighted by atomic mass is 16.5. The quantitative estimate of drug-likeness (QED) is 0.656. The molecule has 5 nitrogen and oxygen atoms in total. The molecule has 0 radical (unpaired) electrons. The standard InChI is InChI=1S/C23H25N3O2/c1-15-11-16(2)22(17(3)12-15)26-19-7-10-21(24-14-19)23(27)25-13-18-5-8-20(28-4)9-6-18/h5-12,14,26H,13H2,1-4H3,(H,25,27). The van der Waals surface area contributed by atoms with E-state index < -0.39 is 0 Å². The molecule has 3 rings (SSSR count). The summed E-state index contributed by atoms with van der Waals surface area (Å²) in [4.78, 5) is 16.6. The number of hydrogen-bond acceptors (Lipinski definition) is 4. The molecule has 1 amide bonds. The predicted octanol–water partition coefficient (Wildman–Crippen LogP) is 4.69. The Morgan fingerprint density at radius 2 is 1.68 bits per heavy atom. The highest BCUT2D eigenvalue weighted by Crippen LogP contribution is 2.25. The second-order valence-corrected chi connectivity index (χ2v) is 6.86. The minimum absolute atomic E-state index is 0.204. The number of methoxy groups -OCH3 is 1. The van der Waals surface area contributed by atoms with E-state index in [9.17, 15) is 4.79 Å². The van der Waals surface area contributed by atoms with E-state index in [1.165, 1.54) is 16.7 Å². The zero-order valence-electron chi connectivity index (χ0n) is 16.7. The first kappa shape index (κ1) is 19.4. The number of pyridine rings is 1. The molecule has 28 heavy (non-hydrogen) atoms. The van der Waals surface area contributed by atoms with Gasteiger partial charge in [0.15, 0.2) is 0 Å². The average Bonchev–Trinajstić information content (AvgIpc) is 2.69. The molecule has 0 spiro atoms. The molecule has 0 aliphatic heterocycles. The molecular weight excluding hydrogens is 350 g/mol. The fourth-order valence-electron chi connectivity index (χ4n) is 3.14. The molecule has 144 valence electrons. The van der Waals surface area contributed by atoms with E-state index in [4.69, 9.17) is 4.74 Å². The van der Waals surface area contributed by atoms with Crippen molar-refractivity contribution in [1.82, 2.24) is 10.3 Å². The van der Waals surface area contributed by atoms with Crippen LogP contribution >= 0.6 is 0 Å². The van der Waals surface area contributed by atoms with Crippen LogP contribution in [-0.4, -0.2) is 18.0 Å². The zero-order chi connectivity index (χ0) is 20.1. The normalized spacial score (nSPS) is 10.4. The van der Waals surface area contributed by atoms with E-state index in [-0.39, 0.29) is 5.91 Å². The number of aryl methyl sites for hydroxylation is 3. The minimum Gasteiger partial charge on any atom is -0.497 e. The molecule has 2 aromatic carbocycles. The molecule has 0 fully saturated rings. The SMILES string of the molecule is COc1ccc(CNC(=O)c2ccc(Nc3c(C)cc(C)cc3C)cn2)cc1. The first-order valence-electron chi connectivity index (χ1n) is 9.18. The molecule has 5 heteroatoms. The highest BCUT2D eigenvalue weighted by molar-refractivity contribution is 5.92. The van der Waals surface area contributed by atoms with E-state index in [1.807, 2.05) is 30.3 Å². The van der Waals surface area contributed by atoms with Gasteiger partial charge in [-0.1, -0.05) is 29.8 Å². The fourth-order valence-corrected chi connectivity index (χ4v) is 3.14. The molecule has 0 aliphatic carbocycles. The maximum Gasteiger partial charge on any atom is 0.270 e. The highest BCUT2D eigenvalue weighted by Gasteiger charge is 2.09. The Balaban J connectivity index is 1.62. The van der Waals surface area contributed by atoms with Gasteiger partial charge in [0.05, 0.1) is 19.0 Å². The number of amides is 1. The van der Waals surface area contributed by atoms with E-state index >= 15 is 0 Å². The van der Waals surface area contributed by atoms with E-state index in [1.54, 1.807) is 19.4 Å². The molecule has 0 saturated heterocycles. The lowest BCUT2D eigenvalue weighted by molar-refractivity contribution is 0.0946. The van der Waals surface area contributed by atoms with Crippen molar-refractivity contribution in [2.45, 2.75) is 27.3 Å². The molecule has 0 saturated carbocycles. The lowest BCUT2D eigenvalue weighted by Crippen LogP contribution is -2.23. The summed E-state index contributed by atoms with van der Waals surface area (Å²) < 4.78 is 5.14. The first-order chi connectivity index (χ1) is 13.5. The summed E-state index contributed by atoms with van der Waals surface area (Å²) in [5.74, 6) is 0.587. The maximum absolute atomic E-state index is 12.3. The summed E-state index contributed by atoms with van der Waals surface area (Å²) in [5.41, 5.74) is 6.90. The summed E-state index contributed by atoms with van der Waals surface area (Å²) in [6, 6.07) is 15.5. The number of rotatable bonds is 6. The monoisotopic (exact) mass is 375 g/mol. The van der Waals surface area contributed by atoms with Crippen molar-refractivity contribution < 1.29 is 9.53 Å². The van der Waals surface area contributed by atoms with Gasteiger partial charge in [0.2, 0.25) is 0 Å². The Morgan fingerprint density at radius 3 is 2.25 bits per heavy atom. The number of hydrogen-bond donors (Lipinski definition) is 2. The third kappa shape index (κ3) is 4.68. The maximum atomic E-state index is 12.3. The molecule has 1 aromatic heterocycles.